The molecule has 0 amide bonds. The van der Waals surface area contributed by atoms with E-state index in [1.807, 2.05) is 0 Å². The molecule has 5 heteroatoms. The maximum Gasteiger partial charge on any atom is 0.166 e. The number of thioether (sulfide) groups is 1. The molecule has 0 saturated heterocycles. The zero-order chi connectivity index (χ0) is 14.4. The highest BCUT2D eigenvalue weighted by Gasteiger charge is 2.41. The number of rotatable bonds is 0. The molecule has 3 nitrogen and oxygen atoms in total. The van der Waals surface area contributed by atoms with Gasteiger partial charge in [0, 0.05) is 33.4 Å². The van der Waals surface area contributed by atoms with Crippen LogP contribution in [0.5, 0.6) is 0 Å². The highest BCUT2D eigenvalue weighted by atomic mass is 79.9. The summed E-state index contributed by atoms with van der Waals surface area (Å²) in [5.74, 6) is 1.01. The Bertz CT molecular complexity index is 634. The van der Waals surface area contributed by atoms with Gasteiger partial charge in [-0.15, -0.1) is 0 Å². The van der Waals surface area contributed by atoms with Crippen molar-refractivity contribution in [3.63, 3.8) is 0 Å². The Morgan fingerprint density at radius 3 is 2.86 bits per heavy atom. The predicted molar refractivity (Wildman–Crippen MR) is 91.4 cm³/mol. The highest BCUT2D eigenvalue weighted by Crippen LogP contribution is 2.43. The Labute approximate surface area is 137 Å². The van der Waals surface area contributed by atoms with Crippen LogP contribution in [0.1, 0.15) is 37.7 Å². The molecule has 0 radical (unpaired) electrons. The van der Waals surface area contributed by atoms with Crippen molar-refractivity contribution >= 4 is 38.7 Å². The fourth-order valence-corrected chi connectivity index (χ4v) is 5.17. The van der Waals surface area contributed by atoms with Gasteiger partial charge in [0.15, 0.2) is 5.17 Å². The Morgan fingerprint density at radius 2 is 2.05 bits per heavy atom. The first-order chi connectivity index (χ1) is 10.2. The standard InChI is InChI=1S/C16H18BrN3S/c17-11-4-5-12-13(8-11)21-15(18)20-10-16(9-19-14(12)20)6-2-1-3-7-16/h4-5,8,18H,1-3,6-7,9-10H2. The topological polar surface area (TPSA) is 39.5 Å². The van der Waals surface area contributed by atoms with Gasteiger partial charge >= 0.3 is 0 Å². The second-order valence-corrected chi connectivity index (χ2v) is 8.28. The molecule has 2 aliphatic heterocycles. The molecule has 1 aliphatic carbocycles. The Balaban J connectivity index is 1.74. The van der Waals surface area contributed by atoms with Gasteiger partial charge in [-0.1, -0.05) is 47.0 Å². The normalized spacial score (nSPS) is 23.6. The van der Waals surface area contributed by atoms with Gasteiger partial charge in [-0.25, -0.2) is 0 Å². The zero-order valence-corrected chi connectivity index (χ0v) is 14.3. The SMILES string of the molecule is N=C1Sc2cc(Br)ccc2C2=NCC3(CCCCC3)CN12. The maximum absolute atomic E-state index is 8.41. The van der Waals surface area contributed by atoms with Gasteiger partial charge in [-0.3, -0.25) is 10.4 Å². The first-order valence-corrected chi connectivity index (χ1v) is 9.16. The highest BCUT2D eigenvalue weighted by molar-refractivity contribution is 9.10. The third kappa shape index (κ3) is 2.34. The third-order valence-corrected chi connectivity index (χ3v) is 6.33. The van der Waals surface area contributed by atoms with Crippen molar-refractivity contribution in [2.75, 3.05) is 13.1 Å². The lowest BCUT2D eigenvalue weighted by Gasteiger charge is -2.46. The molecule has 21 heavy (non-hydrogen) atoms. The molecule has 3 aliphatic rings. The number of nitrogens with one attached hydrogen (secondary N) is 1. The van der Waals surface area contributed by atoms with E-state index in [1.54, 1.807) is 11.8 Å². The Hall–Kier alpha value is -0.810. The van der Waals surface area contributed by atoms with Crippen LogP contribution in [0.2, 0.25) is 0 Å². The van der Waals surface area contributed by atoms with Gasteiger partial charge in [0.25, 0.3) is 0 Å². The van der Waals surface area contributed by atoms with Gasteiger partial charge in [0.05, 0.1) is 0 Å². The number of hydrogen-bond acceptors (Lipinski definition) is 3. The monoisotopic (exact) mass is 363 g/mol. The fraction of sp³-hybridized carbons (Fsp3) is 0.500. The molecule has 2 heterocycles. The zero-order valence-electron chi connectivity index (χ0n) is 11.9. The molecule has 1 N–H and O–H groups in total. The minimum absolute atomic E-state index is 0.321. The van der Waals surface area contributed by atoms with Gasteiger partial charge < -0.3 is 4.90 Å². The van der Waals surface area contributed by atoms with Crippen LogP contribution in [0.3, 0.4) is 0 Å². The summed E-state index contributed by atoms with van der Waals surface area (Å²) in [5, 5.41) is 9.04. The van der Waals surface area contributed by atoms with Gasteiger partial charge in [0.1, 0.15) is 5.84 Å². The van der Waals surface area contributed by atoms with Crippen molar-refractivity contribution in [2.24, 2.45) is 10.4 Å². The molecule has 1 fully saturated rings. The summed E-state index contributed by atoms with van der Waals surface area (Å²) in [5.41, 5.74) is 1.51. The number of halogens is 1. The van der Waals surface area contributed by atoms with Crippen molar-refractivity contribution in [1.29, 1.82) is 5.41 Å². The second-order valence-electron chi connectivity index (χ2n) is 6.33. The summed E-state index contributed by atoms with van der Waals surface area (Å²) in [6.07, 6.45) is 6.55. The average molecular weight is 364 g/mol. The van der Waals surface area contributed by atoms with Crippen LogP contribution in [-0.4, -0.2) is 29.0 Å². The number of nitrogens with zero attached hydrogens (tertiary/aromatic N) is 2. The van der Waals surface area contributed by atoms with Crippen LogP contribution in [0.25, 0.3) is 0 Å². The maximum atomic E-state index is 8.41. The lowest BCUT2D eigenvalue weighted by Crippen LogP contribution is -2.51. The largest absolute Gasteiger partial charge is 0.305 e. The number of benzene rings is 1. The molecular formula is C16H18BrN3S. The molecular weight excluding hydrogens is 346 g/mol. The Kier molecular flexibility index (Phi) is 3.38. The van der Waals surface area contributed by atoms with Gasteiger partial charge in [0.2, 0.25) is 0 Å². The number of fused-ring (bicyclic) bond motifs is 3. The van der Waals surface area contributed by atoms with Crippen molar-refractivity contribution in [3.05, 3.63) is 28.2 Å². The van der Waals surface area contributed by atoms with E-state index < -0.39 is 0 Å². The molecule has 4 rings (SSSR count). The van der Waals surface area contributed by atoms with Crippen LogP contribution < -0.4 is 0 Å². The number of amidine groups is 2. The van der Waals surface area contributed by atoms with Crippen molar-refractivity contribution in [3.8, 4) is 0 Å². The molecule has 1 aromatic carbocycles. The number of hydrogen-bond donors (Lipinski definition) is 1. The summed E-state index contributed by atoms with van der Waals surface area (Å²) in [6.45, 7) is 1.92. The summed E-state index contributed by atoms with van der Waals surface area (Å²) >= 11 is 5.08. The second kappa shape index (κ2) is 5.13. The predicted octanol–water partition coefficient (Wildman–Crippen LogP) is 4.50. The number of aliphatic imine (C=N–C) groups is 1. The lowest BCUT2D eigenvalue weighted by molar-refractivity contribution is 0.164. The molecule has 0 atom stereocenters. The minimum Gasteiger partial charge on any atom is -0.305 e. The van der Waals surface area contributed by atoms with Gasteiger partial charge in [-0.2, -0.15) is 0 Å². The fourth-order valence-electron chi connectivity index (χ4n) is 3.73. The molecule has 0 unspecified atom stereocenters. The van der Waals surface area contributed by atoms with Crippen LogP contribution in [0.15, 0.2) is 32.6 Å². The van der Waals surface area contributed by atoms with E-state index in [4.69, 9.17) is 10.4 Å². The quantitative estimate of drug-likeness (QED) is 0.736. The van der Waals surface area contributed by atoms with E-state index in [9.17, 15) is 0 Å². The molecule has 0 aromatic heterocycles. The van der Waals surface area contributed by atoms with E-state index in [1.165, 1.54) is 37.7 Å². The van der Waals surface area contributed by atoms with Crippen molar-refractivity contribution in [2.45, 2.75) is 37.0 Å². The third-order valence-electron chi connectivity index (χ3n) is 4.86. The molecule has 0 bridgehead atoms. The van der Waals surface area contributed by atoms with E-state index in [-0.39, 0.29) is 0 Å². The Morgan fingerprint density at radius 1 is 1.24 bits per heavy atom. The van der Waals surface area contributed by atoms with E-state index in [0.717, 1.165) is 28.3 Å². The first kappa shape index (κ1) is 13.8. The smallest absolute Gasteiger partial charge is 0.166 e. The van der Waals surface area contributed by atoms with E-state index in [2.05, 4.69) is 39.0 Å². The molecule has 1 aromatic rings. The van der Waals surface area contributed by atoms with Crippen molar-refractivity contribution in [1.82, 2.24) is 4.90 Å². The summed E-state index contributed by atoms with van der Waals surface area (Å²) in [7, 11) is 0. The van der Waals surface area contributed by atoms with Crippen LogP contribution in [0.4, 0.5) is 0 Å². The first-order valence-electron chi connectivity index (χ1n) is 7.55. The van der Waals surface area contributed by atoms with Crippen LogP contribution in [-0.2, 0) is 0 Å². The van der Waals surface area contributed by atoms with Crippen LogP contribution >= 0.6 is 27.7 Å². The lowest BCUT2D eigenvalue weighted by atomic mass is 9.73. The minimum atomic E-state index is 0.321. The average Bonchev–Trinajstić information content (AvgIpc) is 2.48. The molecule has 1 saturated carbocycles. The van der Waals surface area contributed by atoms with Crippen molar-refractivity contribution < 1.29 is 0 Å². The van der Waals surface area contributed by atoms with E-state index in [0.29, 0.717) is 10.6 Å². The molecule has 110 valence electrons. The summed E-state index contributed by atoms with van der Waals surface area (Å²) < 4.78 is 1.06. The van der Waals surface area contributed by atoms with Gasteiger partial charge in [-0.05, 0) is 31.0 Å². The van der Waals surface area contributed by atoms with E-state index >= 15 is 0 Å². The molecule has 1 spiro atoms. The summed E-state index contributed by atoms with van der Waals surface area (Å²) in [4.78, 5) is 8.21. The van der Waals surface area contributed by atoms with Crippen LogP contribution in [0, 0.1) is 10.8 Å². The summed E-state index contributed by atoms with van der Waals surface area (Å²) in [6, 6.07) is 6.29.